The van der Waals surface area contributed by atoms with E-state index in [0.29, 0.717) is 28.7 Å². The molecule has 0 radical (unpaired) electrons. The van der Waals surface area contributed by atoms with Gasteiger partial charge in [0, 0.05) is 28.5 Å². The quantitative estimate of drug-likeness (QED) is 0.522. The Kier molecular flexibility index (Phi) is 7.31. The molecule has 156 valence electrons. The summed E-state index contributed by atoms with van der Waals surface area (Å²) in [6.45, 7) is 4.49. The summed E-state index contributed by atoms with van der Waals surface area (Å²) < 4.78 is 11.3. The molecule has 5 nitrogen and oxygen atoms in total. The number of ether oxygens (including phenoxy) is 2. The molecule has 0 aliphatic rings. The van der Waals surface area contributed by atoms with Gasteiger partial charge in [-0.25, -0.2) is 0 Å². The highest BCUT2D eigenvalue weighted by atomic mass is 35.5. The molecule has 1 heterocycles. The predicted octanol–water partition coefficient (Wildman–Crippen LogP) is 5.45. The summed E-state index contributed by atoms with van der Waals surface area (Å²) in [5.74, 6) is 1.09. The monoisotopic (exact) mass is 424 g/mol. The smallest absolute Gasteiger partial charge is 0.251 e. The first kappa shape index (κ1) is 21.7. The maximum absolute atomic E-state index is 12.9. The topological polar surface area (TPSA) is 60.5 Å². The fraction of sp³-hybridized carbons (Fsp3) is 0.250. The molecule has 1 atom stereocenters. The van der Waals surface area contributed by atoms with Crippen LogP contribution in [0.3, 0.4) is 0 Å². The zero-order chi connectivity index (χ0) is 21.5. The van der Waals surface area contributed by atoms with Crippen LogP contribution in [0.4, 0.5) is 0 Å². The standard InChI is InChI=1S/C24H25ClN2O3/c1-16(2)23(18-6-9-20(25)10-7-18)27-24(28)19-8-11-21(22(13-19)29-3)30-15-17-5-4-12-26-14-17/h4-14,16,23H,15H2,1-3H3,(H,27,28)/t23-/m0/s1. The van der Waals surface area contributed by atoms with Gasteiger partial charge in [-0.2, -0.15) is 0 Å². The Bertz CT molecular complexity index is 976. The van der Waals surface area contributed by atoms with Crippen LogP contribution in [-0.4, -0.2) is 18.0 Å². The Labute approximate surface area is 182 Å². The Balaban J connectivity index is 1.74. The number of methoxy groups -OCH3 is 1. The van der Waals surface area contributed by atoms with Crippen LogP contribution in [0.25, 0.3) is 0 Å². The number of rotatable bonds is 8. The summed E-state index contributed by atoms with van der Waals surface area (Å²) in [5, 5.41) is 3.78. The van der Waals surface area contributed by atoms with Gasteiger partial charge in [-0.05, 0) is 47.9 Å². The Morgan fingerprint density at radius 2 is 1.87 bits per heavy atom. The van der Waals surface area contributed by atoms with Gasteiger partial charge in [0.15, 0.2) is 11.5 Å². The molecular weight excluding hydrogens is 400 g/mol. The average Bonchev–Trinajstić information content (AvgIpc) is 2.77. The lowest BCUT2D eigenvalue weighted by Crippen LogP contribution is -2.31. The number of benzene rings is 2. The van der Waals surface area contributed by atoms with Crippen molar-refractivity contribution in [3.63, 3.8) is 0 Å². The van der Waals surface area contributed by atoms with Crippen LogP contribution in [0.5, 0.6) is 11.5 Å². The van der Waals surface area contributed by atoms with Crippen LogP contribution in [0.15, 0.2) is 67.0 Å². The Hall–Kier alpha value is -3.05. The van der Waals surface area contributed by atoms with Crippen molar-refractivity contribution < 1.29 is 14.3 Å². The highest BCUT2D eigenvalue weighted by Gasteiger charge is 2.20. The number of hydrogen-bond donors (Lipinski definition) is 1. The molecule has 0 aliphatic carbocycles. The third-order valence-electron chi connectivity index (χ3n) is 4.73. The number of halogens is 1. The van der Waals surface area contributed by atoms with Crippen molar-refractivity contribution >= 4 is 17.5 Å². The van der Waals surface area contributed by atoms with Gasteiger partial charge >= 0.3 is 0 Å². The van der Waals surface area contributed by atoms with Crippen LogP contribution in [0.2, 0.25) is 5.02 Å². The van der Waals surface area contributed by atoms with Crippen LogP contribution >= 0.6 is 11.6 Å². The van der Waals surface area contributed by atoms with E-state index in [4.69, 9.17) is 21.1 Å². The summed E-state index contributed by atoms with van der Waals surface area (Å²) in [7, 11) is 1.55. The van der Waals surface area contributed by atoms with E-state index in [-0.39, 0.29) is 17.9 Å². The first-order valence-electron chi connectivity index (χ1n) is 9.74. The van der Waals surface area contributed by atoms with Crippen molar-refractivity contribution in [1.82, 2.24) is 10.3 Å². The van der Waals surface area contributed by atoms with Gasteiger partial charge < -0.3 is 14.8 Å². The highest BCUT2D eigenvalue weighted by molar-refractivity contribution is 6.30. The average molecular weight is 425 g/mol. The van der Waals surface area contributed by atoms with Crippen molar-refractivity contribution in [1.29, 1.82) is 0 Å². The van der Waals surface area contributed by atoms with Crippen LogP contribution in [0, 0.1) is 5.92 Å². The Morgan fingerprint density at radius 3 is 2.50 bits per heavy atom. The van der Waals surface area contributed by atoms with Crippen molar-refractivity contribution in [2.75, 3.05) is 7.11 Å². The third-order valence-corrected chi connectivity index (χ3v) is 4.98. The third kappa shape index (κ3) is 5.51. The summed E-state index contributed by atoms with van der Waals surface area (Å²) in [4.78, 5) is 17.0. The van der Waals surface area contributed by atoms with E-state index in [1.165, 1.54) is 0 Å². The molecule has 3 aromatic rings. The van der Waals surface area contributed by atoms with Gasteiger partial charge in [-0.3, -0.25) is 9.78 Å². The molecule has 0 bridgehead atoms. The summed E-state index contributed by atoms with van der Waals surface area (Å²) in [6, 6.07) is 16.3. The van der Waals surface area contributed by atoms with Gasteiger partial charge in [0.2, 0.25) is 0 Å². The number of amides is 1. The molecular formula is C24H25ClN2O3. The molecule has 6 heteroatoms. The minimum atomic E-state index is -0.180. The molecule has 0 fully saturated rings. The lowest BCUT2D eigenvalue weighted by atomic mass is 9.95. The van der Waals surface area contributed by atoms with Crippen molar-refractivity contribution in [2.45, 2.75) is 26.5 Å². The molecule has 0 aliphatic heterocycles. The number of aromatic nitrogens is 1. The fourth-order valence-corrected chi connectivity index (χ4v) is 3.23. The molecule has 1 aromatic heterocycles. The lowest BCUT2D eigenvalue weighted by Gasteiger charge is -2.23. The number of carbonyl (C=O) groups excluding carboxylic acids is 1. The number of nitrogens with one attached hydrogen (secondary N) is 1. The second-order valence-electron chi connectivity index (χ2n) is 7.26. The van der Waals surface area contributed by atoms with Gasteiger partial charge in [0.05, 0.1) is 13.2 Å². The van der Waals surface area contributed by atoms with Crippen LogP contribution in [0.1, 0.15) is 41.4 Å². The zero-order valence-corrected chi connectivity index (χ0v) is 18.0. The summed E-state index contributed by atoms with van der Waals surface area (Å²) in [6.07, 6.45) is 3.46. The molecule has 0 saturated heterocycles. The van der Waals surface area contributed by atoms with Crippen molar-refractivity contribution in [2.24, 2.45) is 5.92 Å². The second kappa shape index (κ2) is 10.1. The number of pyridine rings is 1. The lowest BCUT2D eigenvalue weighted by molar-refractivity contribution is 0.0925. The molecule has 3 rings (SSSR count). The van der Waals surface area contributed by atoms with Gasteiger partial charge in [0.25, 0.3) is 5.91 Å². The van der Waals surface area contributed by atoms with E-state index in [1.807, 2.05) is 36.4 Å². The van der Waals surface area contributed by atoms with Gasteiger partial charge in [0.1, 0.15) is 6.61 Å². The number of carbonyl (C=O) groups is 1. The molecule has 1 N–H and O–H groups in total. The normalized spacial score (nSPS) is 11.8. The van der Waals surface area contributed by atoms with Gasteiger partial charge in [-0.15, -0.1) is 0 Å². The Morgan fingerprint density at radius 1 is 1.10 bits per heavy atom. The minimum Gasteiger partial charge on any atom is -0.493 e. The number of hydrogen-bond acceptors (Lipinski definition) is 4. The zero-order valence-electron chi connectivity index (χ0n) is 17.3. The van der Waals surface area contributed by atoms with E-state index in [0.717, 1.165) is 11.1 Å². The number of nitrogens with zero attached hydrogens (tertiary/aromatic N) is 1. The molecule has 0 spiro atoms. The maximum atomic E-state index is 12.9. The van der Waals surface area contributed by atoms with Crippen molar-refractivity contribution in [3.8, 4) is 11.5 Å². The van der Waals surface area contributed by atoms with Gasteiger partial charge in [-0.1, -0.05) is 43.6 Å². The molecule has 1 amide bonds. The van der Waals surface area contributed by atoms with E-state index in [1.54, 1.807) is 37.7 Å². The summed E-state index contributed by atoms with van der Waals surface area (Å²) >= 11 is 5.99. The molecule has 0 unspecified atom stereocenters. The first-order valence-corrected chi connectivity index (χ1v) is 10.1. The largest absolute Gasteiger partial charge is 0.493 e. The fourth-order valence-electron chi connectivity index (χ4n) is 3.10. The van der Waals surface area contributed by atoms with E-state index >= 15 is 0 Å². The van der Waals surface area contributed by atoms with Crippen molar-refractivity contribution in [3.05, 3.63) is 88.7 Å². The van der Waals surface area contributed by atoms with E-state index < -0.39 is 0 Å². The first-order chi connectivity index (χ1) is 14.5. The van der Waals surface area contributed by atoms with E-state index in [2.05, 4.69) is 24.1 Å². The maximum Gasteiger partial charge on any atom is 0.251 e. The molecule has 0 saturated carbocycles. The van der Waals surface area contributed by atoms with Crippen LogP contribution in [-0.2, 0) is 6.61 Å². The predicted molar refractivity (Wildman–Crippen MR) is 118 cm³/mol. The molecule has 30 heavy (non-hydrogen) atoms. The SMILES string of the molecule is COc1cc(C(=O)N[C@H](c2ccc(Cl)cc2)C(C)C)ccc1OCc1cccnc1. The molecule has 2 aromatic carbocycles. The minimum absolute atomic E-state index is 0.137. The highest BCUT2D eigenvalue weighted by Crippen LogP contribution is 2.30. The van der Waals surface area contributed by atoms with E-state index in [9.17, 15) is 4.79 Å². The second-order valence-corrected chi connectivity index (χ2v) is 7.70. The summed E-state index contributed by atoms with van der Waals surface area (Å²) in [5.41, 5.74) is 2.45. The van der Waals surface area contributed by atoms with Crippen LogP contribution < -0.4 is 14.8 Å².